The molecule has 0 radical (unpaired) electrons. The number of hydrogen-bond acceptors (Lipinski definition) is 6. The highest BCUT2D eigenvalue weighted by molar-refractivity contribution is 5.96. The van der Waals surface area contributed by atoms with Crippen molar-refractivity contribution in [2.45, 2.75) is 20.3 Å². The van der Waals surface area contributed by atoms with Crippen molar-refractivity contribution in [2.75, 3.05) is 45.9 Å². The SMILES string of the molecule is C=N/C=C(F)\C(=N/CN1CCNC(=O)C1)N1CCC(C)C1.CCNC(=O)/C=C/c1cccnc1. The predicted octanol–water partition coefficient (Wildman–Crippen LogP) is 1.86. The van der Waals surface area contributed by atoms with Gasteiger partial charge in [0, 0.05) is 51.2 Å². The first-order chi connectivity index (χ1) is 16.4. The van der Waals surface area contributed by atoms with Crippen molar-refractivity contribution in [3.8, 4) is 0 Å². The second-order valence-electron chi connectivity index (χ2n) is 8.04. The molecule has 0 aromatic carbocycles. The van der Waals surface area contributed by atoms with Gasteiger partial charge in [-0.1, -0.05) is 13.0 Å². The summed E-state index contributed by atoms with van der Waals surface area (Å²) in [6.45, 7) is 11.5. The first-order valence-corrected chi connectivity index (χ1v) is 11.4. The molecule has 2 aliphatic rings. The van der Waals surface area contributed by atoms with Gasteiger partial charge in [-0.15, -0.1) is 0 Å². The van der Waals surface area contributed by atoms with Gasteiger partial charge in [-0.05, 0) is 43.7 Å². The van der Waals surface area contributed by atoms with E-state index in [1.807, 2.05) is 28.9 Å². The molecule has 2 saturated heterocycles. The molecule has 9 nitrogen and oxygen atoms in total. The summed E-state index contributed by atoms with van der Waals surface area (Å²) in [6.07, 6.45) is 8.75. The topological polar surface area (TPSA) is 102 Å². The van der Waals surface area contributed by atoms with Crippen LogP contribution >= 0.6 is 0 Å². The highest BCUT2D eigenvalue weighted by Gasteiger charge is 2.25. The number of rotatable bonds is 7. The first kappa shape index (κ1) is 26.8. The predicted molar refractivity (Wildman–Crippen MR) is 133 cm³/mol. The normalized spacial score (nSPS) is 19.4. The summed E-state index contributed by atoms with van der Waals surface area (Å²) < 4.78 is 14.1. The van der Waals surface area contributed by atoms with Crippen LogP contribution in [0.15, 0.2) is 52.6 Å². The van der Waals surface area contributed by atoms with Gasteiger partial charge in [0.25, 0.3) is 0 Å². The van der Waals surface area contributed by atoms with Crippen molar-refractivity contribution in [1.29, 1.82) is 0 Å². The fraction of sp³-hybridized carbons (Fsp3) is 0.458. The molecule has 2 aliphatic heterocycles. The number of amidine groups is 1. The number of carbonyl (C=O) groups excluding carboxylic acids is 2. The Balaban J connectivity index is 0.000000270. The number of pyridine rings is 1. The van der Waals surface area contributed by atoms with Crippen molar-refractivity contribution < 1.29 is 14.0 Å². The molecule has 1 atom stereocenters. The van der Waals surface area contributed by atoms with Gasteiger partial charge in [0.2, 0.25) is 11.8 Å². The molecule has 3 rings (SSSR count). The first-order valence-electron chi connectivity index (χ1n) is 11.4. The Labute approximate surface area is 200 Å². The number of nitrogens with zero attached hydrogens (tertiary/aromatic N) is 5. The lowest BCUT2D eigenvalue weighted by Crippen LogP contribution is -2.47. The van der Waals surface area contributed by atoms with Gasteiger partial charge in [0.15, 0.2) is 11.7 Å². The Bertz CT molecular complexity index is 902. The zero-order chi connectivity index (χ0) is 24.8. The van der Waals surface area contributed by atoms with Gasteiger partial charge in [0.05, 0.1) is 19.4 Å². The van der Waals surface area contributed by atoms with Crippen LogP contribution in [-0.2, 0) is 9.59 Å². The van der Waals surface area contributed by atoms with Crippen LogP contribution in [-0.4, -0.2) is 85.1 Å². The molecule has 1 unspecified atom stereocenters. The molecule has 34 heavy (non-hydrogen) atoms. The third-order valence-electron chi connectivity index (χ3n) is 5.14. The molecule has 1 aromatic rings. The monoisotopic (exact) mass is 471 g/mol. The molecule has 2 fully saturated rings. The Kier molecular flexibility index (Phi) is 11.6. The van der Waals surface area contributed by atoms with Crippen LogP contribution in [0.5, 0.6) is 0 Å². The standard InChI is InChI=1S/C14H22FN5O.C10H12N2O/c1-11-3-5-20(8-11)14(12(15)7-16-2)18-10-19-6-4-17-13(21)9-19;1-2-12-10(13)6-5-9-4-3-7-11-8-9/h7,11H,2-6,8-10H2,1H3,(H,17,21);3-8H,2H2,1H3,(H,12,13)/b12-7+,18-14+;6-5+. The lowest BCUT2D eigenvalue weighted by Gasteiger charge is -2.26. The highest BCUT2D eigenvalue weighted by Crippen LogP contribution is 2.19. The number of hydrogen-bond donors (Lipinski definition) is 2. The summed E-state index contributed by atoms with van der Waals surface area (Å²) in [5.74, 6) is 0.279. The maximum atomic E-state index is 14.1. The van der Waals surface area contributed by atoms with Gasteiger partial charge in [-0.2, -0.15) is 0 Å². The minimum absolute atomic E-state index is 0.0171. The third kappa shape index (κ3) is 9.62. The number of piperazine rings is 1. The number of halogens is 1. The molecule has 2 amide bonds. The van der Waals surface area contributed by atoms with Crippen LogP contribution in [0.4, 0.5) is 4.39 Å². The van der Waals surface area contributed by atoms with Crippen molar-refractivity contribution in [3.05, 3.63) is 48.2 Å². The lowest BCUT2D eigenvalue weighted by atomic mass is 10.2. The van der Waals surface area contributed by atoms with E-state index in [1.54, 1.807) is 18.5 Å². The van der Waals surface area contributed by atoms with Crippen molar-refractivity contribution in [1.82, 2.24) is 25.4 Å². The van der Waals surface area contributed by atoms with E-state index in [-0.39, 0.29) is 11.8 Å². The quantitative estimate of drug-likeness (QED) is 0.359. The second kappa shape index (κ2) is 14.7. The summed E-state index contributed by atoms with van der Waals surface area (Å²) in [5.41, 5.74) is 0.925. The molecule has 1 aromatic heterocycles. The summed E-state index contributed by atoms with van der Waals surface area (Å²) in [6, 6.07) is 3.72. The van der Waals surface area contributed by atoms with Crippen LogP contribution in [0.2, 0.25) is 0 Å². The van der Waals surface area contributed by atoms with Gasteiger partial charge in [-0.3, -0.25) is 24.5 Å². The average Bonchev–Trinajstić information content (AvgIpc) is 3.25. The number of aromatic nitrogens is 1. The molecule has 3 heterocycles. The van der Waals surface area contributed by atoms with E-state index in [0.29, 0.717) is 38.1 Å². The zero-order valence-electron chi connectivity index (χ0n) is 19.9. The summed E-state index contributed by atoms with van der Waals surface area (Å²) >= 11 is 0. The third-order valence-corrected chi connectivity index (χ3v) is 5.14. The van der Waals surface area contributed by atoms with E-state index in [4.69, 9.17) is 0 Å². The molecule has 0 saturated carbocycles. The molecule has 184 valence electrons. The number of amides is 2. The molecule has 10 heteroatoms. The molecule has 0 aliphatic carbocycles. The number of likely N-dealkylation sites (N-methyl/N-ethyl adjacent to an activating group) is 1. The van der Waals surface area contributed by atoms with Crippen molar-refractivity contribution in [3.63, 3.8) is 0 Å². The number of aliphatic imine (C=N–C) groups is 2. The average molecular weight is 472 g/mol. The highest BCUT2D eigenvalue weighted by atomic mass is 19.1. The molecular weight excluding hydrogens is 437 g/mol. The van der Waals surface area contributed by atoms with Gasteiger partial charge < -0.3 is 15.5 Å². The second-order valence-corrected chi connectivity index (χ2v) is 8.04. The number of carbonyl (C=O) groups is 2. The number of nitrogens with one attached hydrogen (secondary N) is 2. The van der Waals surface area contributed by atoms with Crippen LogP contribution in [0.1, 0.15) is 25.8 Å². The van der Waals surface area contributed by atoms with Crippen molar-refractivity contribution >= 4 is 30.4 Å². The fourth-order valence-electron chi connectivity index (χ4n) is 3.45. The van der Waals surface area contributed by atoms with E-state index < -0.39 is 5.83 Å². The smallest absolute Gasteiger partial charge is 0.243 e. The maximum Gasteiger partial charge on any atom is 0.243 e. The fourth-order valence-corrected chi connectivity index (χ4v) is 3.45. The van der Waals surface area contributed by atoms with Crippen LogP contribution < -0.4 is 10.6 Å². The van der Waals surface area contributed by atoms with Gasteiger partial charge in [-0.25, -0.2) is 9.38 Å². The largest absolute Gasteiger partial charge is 0.354 e. The summed E-state index contributed by atoms with van der Waals surface area (Å²) in [4.78, 5) is 37.9. The van der Waals surface area contributed by atoms with E-state index in [1.165, 1.54) is 6.08 Å². The van der Waals surface area contributed by atoms with E-state index in [2.05, 4.69) is 39.2 Å². The molecule has 2 N–H and O–H groups in total. The van der Waals surface area contributed by atoms with Crippen LogP contribution in [0.25, 0.3) is 6.08 Å². The molecule has 0 bridgehead atoms. The summed E-state index contributed by atoms with van der Waals surface area (Å²) in [5, 5.41) is 5.43. The van der Waals surface area contributed by atoms with Crippen molar-refractivity contribution in [2.24, 2.45) is 15.9 Å². The Morgan fingerprint density at radius 3 is 2.88 bits per heavy atom. The van der Waals surface area contributed by atoms with E-state index >= 15 is 0 Å². The minimum atomic E-state index is -0.472. The van der Waals surface area contributed by atoms with E-state index in [0.717, 1.165) is 37.8 Å². The lowest BCUT2D eigenvalue weighted by molar-refractivity contribution is -0.124. The summed E-state index contributed by atoms with van der Waals surface area (Å²) in [7, 11) is 0. The minimum Gasteiger partial charge on any atom is -0.354 e. The van der Waals surface area contributed by atoms with Crippen LogP contribution in [0.3, 0.4) is 0 Å². The molecular formula is C24H34FN7O2. The Morgan fingerprint density at radius 2 is 2.26 bits per heavy atom. The van der Waals surface area contributed by atoms with Gasteiger partial charge in [0.1, 0.15) is 0 Å². The zero-order valence-corrected chi connectivity index (χ0v) is 19.9. The number of likely N-dealkylation sites (tertiary alicyclic amines) is 1. The molecule has 0 spiro atoms. The Hall–Kier alpha value is -3.40. The maximum absolute atomic E-state index is 14.1. The van der Waals surface area contributed by atoms with Crippen LogP contribution in [0, 0.1) is 5.92 Å². The van der Waals surface area contributed by atoms with Gasteiger partial charge >= 0.3 is 0 Å². The Morgan fingerprint density at radius 1 is 1.44 bits per heavy atom. The van der Waals surface area contributed by atoms with E-state index in [9.17, 15) is 14.0 Å².